The second-order valence-electron chi connectivity index (χ2n) is 13.4. The van der Waals surface area contributed by atoms with Gasteiger partial charge in [0.15, 0.2) is 0 Å². The van der Waals surface area contributed by atoms with Crippen molar-refractivity contribution in [2.75, 3.05) is 0 Å². The number of aliphatic hydroxyl groups is 4. The summed E-state index contributed by atoms with van der Waals surface area (Å²) < 4.78 is 0. The van der Waals surface area contributed by atoms with Crippen molar-refractivity contribution < 1.29 is 20.4 Å². The highest BCUT2D eigenvalue weighted by molar-refractivity contribution is 5.19. The van der Waals surface area contributed by atoms with Crippen molar-refractivity contribution in [3.05, 3.63) is 0 Å². The summed E-state index contributed by atoms with van der Waals surface area (Å²) in [6.07, 6.45) is 6.00. The Morgan fingerprint density at radius 2 is 1.53 bits per heavy atom. The van der Waals surface area contributed by atoms with Gasteiger partial charge in [0.2, 0.25) is 0 Å². The van der Waals surface area contributed by atoms with E-state index in [1.807, 2.05) is 6.92 Å². The summed E-state index contributed by atoms with van der Waals surface area (Å²) in [4.78, 5) is 0. The Bertz CT molecular complexity index is 680. The summed E-state index contributed by atoms with van der Waals surface area (Å²) in [5.74, 6) is 4.10. The maximum Gasteiger partial charge on any atom is 0.101 e. The molecule has 4 heteroatoms. The Balaban J connectivity index is 1.55. The maximum atomic E-state index is 11.6. The van der Waals surface area contributed by atoms with Crippen LogP contribution in [-0.2, 0) is 0 Å². The molecule has 4 fully saturated rings. The van der Waals surface area contributed by atoms with E-state index in [9.17, 15) is 20.4 Å². The molecule has 12 atom stereocenters. The fourth-order valence-corrected chi connectivity index (χ4v) is 9.37. The van der Waals surface area contributed by atoms with E-state index >= 15 is 0 Å². The maximum absolute atomic E-state index is 11.6. The fourth-order valence-electron chi connectivity index (χ4n) is 9.37. The first-order valence-corrected chi connectivity index (χ1v) is 13.6. The summed E-state index contributed by atoms with van der Waals surface area (Å²) in [6, 6.07) is 0. The van der Waals surface area contributed by atoms with Crippen LogP contribution in [-0.4, -0.2) is 44.3 Å². The van der Waals surface area contributed by atoms with E-state index in [1.54, 1.807) is 0 Å². The lowest BCUT2D eigenvalue weighted by atomic mass is 9.41. The molecule has 0 amide bonds. The predicted molar refractivity (Wildman–Crippen MR) is 128 cm³/mol. The second kappa shape index (κ2) is 8.50. The molecular formula is C28H50O4. The summed E-state index contributed by atoms with van der Waals surface area (Å²) in [5, 5.41) is 44.3. The Morgan fingerprint density at radius 1 is 0.844 bits per heavy atom. The predicted octanol–water partition coefficient (Wildman–Crippen LogP) is 4.77. The Morgan fingerprint density at radius 3 is 2.19 bits per heavy atom. The molecule has 0 aliphatic heterocycles. The zero-order valence-electron chi connectivity index (χ0n) is 21.4. The van der Waals surface area contributed by atoms with Gasteiger partial charge in [-0.15, -0.1) is 0 Å². The summed E-state index contributed by atoms with van der Waals surface area (Å²) in [7, 11) is 0. The molecule has 0 spiro atoms. The monoisotopic (exact) mass is 450 g/mol. The van der Waals surface area contributed by atoms with E-state index < -0.39 is 29.3 Å². The smallest absolute Gasteiger partial charge is 0.101 e. The molecule has 4 aliphatic carbocycles. The van der Waals surface area contributed by atoms with Gasteiger partial charge in [0.1, 0.15) is 5.60 Å². The highest BCUT2D eigenvalue weighted by Gasteiger charge is 2.70. The molecule has 32 heavy (non-hydrogen) atoms. The molecule has 0 aromatic rings. The fraction of sp³-hybridized carbons (Fsp3) is 1.00. The van der Waals surface area contributed by atoms with Gasteiger partial charge in [0.05, 0.1) is 18.3 Å². The van der Waals surface area contributed by atoms with Crippen LogP contribution < -0.4 is 0 Å². The molecule has 0 saturated heterocycles. The molecule has 0 heterocycles. The van der Waals surface area contributed by atoms with E-state index in [0.717, 1.165) is 36.5 Å². The van der Waals surface area contributed by atoms with E-state index in [4.69, 9.17) is 0 Å². The quantitative estimate of drug-likeness (QED) is 0.486. The summed E-state index contributed by atoms with van der Waals surface area (Å²) >= 11 is 0. The Labute approximate surface area is 196 Å². The van der Waals surface area contributed by atoms with Gasteiger partial charge < -0.3 is 20.4 Å². The van der Waals surface area contributed by atoms with E-state index in [0.29, 0.717) is 30.1 Å². The number of hydrogen-bond acceptors (Lipinski definition) is 4. The minimum absolute atomic E-state index is 0.181. The summed E-state index contributed by atoms with van der Waals surface area (Å²) in [5.41, 5.74) is -1.84. The lowest BCUT2D eigenvalue weighted by Gasteiger charge is -2.66. The van der Waals surface area contributed by atoms with Crippen molar-refractivity contribution in [2.24, 2.45) is 52.3 Å². The molecule has 4 aliphatic rings. The molecule has 0 aromatic carbocycles. The van der Waals surface area contributed by atoms with E-state index in [2.05, 4.69) is 34.6 Å². The van der Waals surface area contributed by atoms with Crippen LogP contribution in [0.2, 0.25) is 0 Å². The third-order valence-corrected chi connectivity index (χ3v) is 11.9. The van der Waals surface area contributed by atoms with Crippen molar-refractivity contribution in [3.8, 4) is 0 Å². The third kappa shape index (κ3) is 3.53. The molecular weight excluding hydrogens is 400 g/mol. The van der Waals surface area contributed by atoms with Gasteiger partial charge in [-0.3, -0.25) is 0 Å². The van der Waals surface area contributed by atoms with Gasteiger partial charge >= 0.3 is 0 Å². The van der Waals surface area contributed by atoms with E-state index in [-0.39, 0.29) is 12.3 Å². The molecule has 4 N–H and O–H groups in total. The highest BCUT2D eigenvalue weighted by atomic mass is 16.4. The number of aliphatic hydroxyl groups excluding tert-OH is 3. The van der Waals surface area contributed by atoms with Crippen molar-refractivity contribution in [1.82, 2.24) is 0 Å². The van der Waals surface area contributed by atoms with Gasteiger partial charge in [-0.05, 0) is 85.4 Å². The SMILES string of the molecule is CC(C)[C@H](C)CC[C@@H](C)[C@H]1CC[C@H]2[C@@H]3C[C@@H](O)[C@@]4(O)C[C@@H](O)C[C@@H](O)[C@]4(C)[C@H]3CC[C@]12C. The average Bonchev–Trinajstić information content (AvgIpc) is 3.06. The minimum atomic E-state index is -1.39. The molecule has 186 valence electrons. The van der Waals surface area contributed by atoms with Crippen LogP contribution in [0.3, 0.4) is 0 Å². The van der Waals surface area contributed by atoms with Crippen molar-refractivity contribution in [1.29, 1.82) is 0 Å². The van der Waals surface area contributed by atoms with E-state index in [1.165, 1.54) is 25.7 Å². The molecule has 0 bridgehead atoms. The van der Waals surface area contributed by atoms with Crippen LogP contribution in [0, 0.1) is 52.3 Å². The lowest BCUT2D eigenvalue weighted by Crippen LogP contribution is -2.72. The van der Waals surface area contributed by atoms with Crippen LogP contribution >= 0.6 is 0 Å². The Kier molecular flexibility index (Phi) is 6.63. The standard InChI is InChI=1S/C28H50O4/c1-16(2)17(3)7-8-18(4)21-9-10-22-20-14-25(31)28(32)15-19(29)13-24(30)27(28,6)23(20)11-12-26(21,22)5/h16-25,29-32H,7-15H2,1-6H3/t17-,18-,19+,20+,21-,22+,23+,24-,25-,26-,27+,28+/m1/s1. The second-order valence-corrected chi connectivity index (χ2v) is 13.4. The molecule has 0 radical (unpaired) electrons. The number of rotatable bonds is 5. The van der Waals surface area contributed by atoms with Gasteiger partial charge in [-0.25, -0.2) is 0 Å². The average molecular weight is 451 g/mol. The van der Waals surface area contributed by atoms with Crippen LogP contribution in [0.25, 0.3) is 0 Å². The van der Waals surface area contributed by atoms with Crippen molar-refractivity contribution >= 4 is 0 Å². The minimum Gasteiger partial charge on any atom is -0.393 e. The van der Waals surface area contributed by atoms with Gasteiger partial charge in [0, 0.05) is 11.8 Å². The van der Waals surface area contributed by atoms with Crippen LogP contribution in [0.15, 0.2) is 0 Å². The molecule has 4 saturated carbocycles. The zero-order chi connectivity index (χ0) is 23.6. The van der Waals surface area contributed by atoms with Gasteiger partial charge in [-0.2, -0.15) is 0 Å². The van der Waals surface area contributed by atoms with Crippen molar-refractivity contribution in [3.63, 3.8) is 0 Å². The lowest BCUT2D eigenvalue weighted by molar-refractivity contribution is -0.294. The number of fused-ring (bicyclic) bond motifs is 5. The van der Waals surface area contributed by atoms with Crippen LogP contribution in [0.1, 0.15) is 99.3 Å². The van der Waals surface area contributed by atoms with Crippen molar-refractivity contribution in [2.45, 2.75) is 123 Å². The molecule has 4 nitrogen and oxygen atoms in total. The topological polar surface area (TPSA) is 80.9 Å². The first-order valence-electron chi connectivity index (χ1n) is 13.6. The summed E-state index contributed by atoms with van der Waals surface area (Å²) in [6.45, 7) is 14.1. The largest absolute Gasteiger partial charge is 0.393 e. The van der Waals surface area contributed by atoms with Crippen LogP contribution in [0.5, 0.6) is 0 Å². The van der Waals surface area contributed by atoms with Gasteiger partial charge in [0.25, 0.3) is 0 Å². The molecule has 0 aromatic heterocycles. The first-order chi connectivity index (χ1) is 14.9. The third-order valence-electron chi connectivity index (χ3n) is 11.9. The van der Waals surface area contributed by atoms with Crippen LogP contribution in [0.4, 0.5) is 0 Å². The highest BCUT2D eigenvalue weighted by Crippen LogP contribution is 2.69. The normalized spacial score (nSPS) is 52.8. The Hall–Kier alpha value is -0.160. The first kappa shape index (κ1) is 24.9. The number of hydrogen-bond donors (Lipinski definition) is 4. The zero-order valence-corrected chi connectivity index (χ0v) is 21.4. The molecule has 4 rings (SSSR count). The molecule has 0 unspecified atom stereocenters. The van der Waals surface area contributed by atoms with Gasteiger partial charge in [-0.1, -0.05) is 54.4 Å².